The SMILES string of the molecule is CCCCC/C=C\CCCCCOC(=O)CBr. The van der Waals surface area contributed by atoms with E-state index in [0.717, 1.165) is 19.3 Å². The first-order valence-corrected chi connectivity index (χ1v) is 7.80. The van der Waals surface area contributed by atoms with Gasteiger partial charge in [0.15, 0.2) is 0 Å². The van der Waals surface area contributed by atoms with E-state index < -0.39 is 0 Å². The fourth-order valence-electron chi connectivity index (χ4n) is 1.51. The normalized spacial score (nSPS) is 10.9. The van der Waals surface area contributed by atoms with Crippen LogP contribution in [0.5, 0.6) is 0 Å². The maximum absolute atomic E-state index is 10.8. The highest BCUT2D eigenvalue weighted by Gasteiger charge is 1.97. The van der Waals surface area contributed by atoms with Gasteiger partial charge >= 0.3 is 5.97 Å². The molecule has 0 spiro atoms. The van der Waals surface area contributed by atoms with Gasteiger partial charge in [0.2, 0.25) is 0 Å². The summed E-state index contributed by atoms with van der Waals surface area (Å²) in [5.41, 5.74) is 0. The molecule has 0 radical (unpaired) electrons. The highest BCUT2D eigenvalue weighted by Crippen LogP contribution is 2.04. The van der Waals surface area contributed by atoms with Crippen LogP contribution in [0.1, 0.15) is 58.3 Å². The number of alkyl halides is 1. The molecule has 100 valence electrons. The molecule has 0 heterocycles. The van der Waals surface area contributed by atoms with Crippen molar-refractivity contribution in [1.29, 1.82) is 0 Å². The Balaban J connectivity index is 3.10. The van der Waals surface area contributed by atoms with E-state index in [-0.39, 0.29) is 5.97 Å². The lowest BCUT2D eigenvalue weighted by atomic mass is 10.1. The summed E-state index contributed by atoms with van der Waals surface area (Å²) in [6, 6.07) is 0. The van der Waals surface area contributed by atoms with Crippen LogP contribution in [0, 0.1) is 0 Å². The number of esters is 1. The van der Waals surface area contributed by atoms with Crippen LogP contribution < -0.4 is 0 Å². The van der Waals surface area contributed by atoms with Crippen molar-refractivity contribution in [3.05, 3.63) is 12.2 Å². The van der Waals surface area contributed by atoms with Gasteiger partial charge in [-0.15, -0.1) is 0 Å². The molecule has 0 aliphatic carbocycles. The number of hydrogen-bond acceptors (Lipinski definition) is 2. The summed E-state index contributed by atoms with van der Waals surface area (Å²) < 4.78 is 4.96. The first-order chi connectivity index (χ1) is 8.31. The van der Waals surface area contributed by atoms with Gasteiger partial charge in [0, 0.05) is 0 Å². The second-order valence-corrected chi connectivity index (χ2v) is 4.73. The first-order valence-electron chi connectivity index (χ1n) is 6.67. The number of hydrogen-bond donors (Lipinski definition) is 0. The summed E-state index contributed by atoms with van der Waals surface area (Å²) in [7, 11) is 0. The summed E-state index contributed by atoms with van der Waals surface area (Å²) in [5, 5.41) is 0.299. The second-order valence-electron chi connectivity index (χ2n) is 4.17. The van der Waals surface area contributed by atoms with Crippen molar-refractivity contribution in [2.45, 2.75) is 58.3 Å². The van der Waals surface area contributed by atoms with Crippen molar-refractivity contribution in [2.75, 3.05) is 11.9 Å². The Bertz CT molecular complexity index is 202. The molecule has 0 atom stereocenters. The topological polar surface area (TPSA) is 26.3 Å². The van der Waals surface area contributed by atoms with E-state index in [0.29, 0.717) is 11.9 Å². The van der Waals surface area contributed by atoms with E-state index in [9.17, 15) is 4.79 Å². The molecule has 0 aromatic heterocycles. The minimum atomic E-state index is -0.166. The lowest BCUT2D eigenvalue weighted by Gasteiger charge is -2.01. The summed E-state index contributed by atoms with van der Waals surface area (Å²) in [6.07, 6.45) is 14.2. The van der Waals surface area contributed by atoms with Crippen LogP contribution in [0.15, 0.2) is 12.2 Å². The molecule has 0 amide bonds. The number of carbonyl (C=O) groups excluding carboxylic acids is 1. The Labute approximate surface area is 114 Å². The summed E-state index contributed by atoms with van der Waals surface area (Å²) in [5.74, 6) is -0.166. The number of allylic oxidation sites excluding steroid dienone is 2. The van der Waals surface area contributed by atoms with Crippen molar-refractivity contribution in [1.82, 2.24) is 0 Å². The van der Waals surface area contributed by atoms with Crippen LogP contribution in [0.3, 0.4) is 0 Å². The average molecular weight is 305 g/mol. The van der Waals surface area contributed by atoms with Gasteiger partial charge in [-0.2, -0.15) is 0 Å². The molecule has 0 rings (SSSR count). The van der Waals surface area contributed by atoms with E-state index in [1.54, 1.807) is 0 Å². The van der Waals surface area contributed by atoms with Crippen LogP contribution in [0.4, 0.5) is 0 Å². The van der Waals surface area contributed by atoms with Gasteiger partial charge in [0.1, 0.15) is 5.33 Å². The zero-order valence-corrected chi connectivity index (χ0v) is 12.5. The standard InChI is InChI=1S/C14H25BrO2/c1-2-3-4-5-6-7-8-9-10-11-12-17-14(16)13-15/h6-7H,2-5,8-13H2,1H3/b7-6-. The number of ether oxygens (including phenoxy) is 1. The maximum Gasteiger partial charge on any atom is 0.316 e. The molecule has 17 heavy (non-hydrogen) atoms. The molecule has 0 aliphatic rings. The number of unbranched alkanes of at least 4 members (excludes halogenated alkanes) is 6. The summed E-state index contributed by atoms with van der Waals surface area (Å²) in [6.45, 7) is 2.79. The van der Waals surface area contributed by atoms with Gasteiger partial charge in [0.25, 0.3) is 0 Å². The minimum absolute atomic E-state index is 0.166. The molecule has 0 aromatic carbocycles. The summed E-state index contributed by atoms with van der Waals surface area (Å²) >= 11 is 3.06. The van der Waals surface area contributed by atoms with E-state index in [1.807, 2.05) is 0 Å². The van der Waals surface area contributed by atoms with Crippen molar-refractivity contribution in [2.24, 2.45) is 0 Å². The van der Waals surface area contributed by atoms with E-state index in [1.165, 1.54) is 32.1 Å². The Morgan fingerprint density at radius 3 is 2.29 bits per heavy atom. The van der Waals surface area contributed by atoms with Crippen molar-refractivity contribution >= 4 is 21.9 Å². The van der Waals surface area contributed by atoms with Gasteiger partial charge in [-0.05, 0) is 38.5 Å². The molecule has 0 aliphatic heterocycles. The molecule has 0 fully saturated rings. The lowest BCUT2D eigenvalue weighted by molar-refractivity contribution is -0.140. The summed E-state index contributed by atoms with van der Waals surface area (Å²) in [4.78, 5) is 10.8. The first kappa shape index (κ1) is 16.7. The molecule has 2 nitrogen and oxygen atoms in total. The smallest absolute Gasteiger partial charge is 0.316 e. The zero-order valence-electron chi connectivity index (χ0n) is 10.9. The zero-order chi connectivity index (χ0) is 12.8. The predicted molar refractivity (Wildman–Crippen MR) is 76.5 cm³/mol. The fraction of sp³-hybridized carbons (Fsp3) is 0.786. The second kappa shape index (κ2) is 13.8. The van der Waals surface area contributed by atoms with Crippen LogP contribution in [0.25, 0.3) is 0 Å². The average Bonchev–Trinajstić information content (AvgIpc) is 2.35. The quantitative estimate of drug-likeness (QED) is 0.241. The predicted octanol–water partition coefficient (Wildman–Crippen LogP) is 4.62. The Morgan fingerprint density at radius 2 is 1.71 bits per heavy atom. The largest absolute Gasteiger partial charge is 0.465 e. The van der Waals surface area contributed by atoms with Gasteiger partial charge in [-0.25, -0.2) is 0 Å². The molecular formula is C14H25BrO2. The van der Waals surface area contributed by atoms with Crippen molar-refractivity contribution in [3.63, 3.8) is 0 Å². The van der Waals surface area contributed by atoms with E-state index >= 15 is 0 Å². The van der Waals surface area contributed by atoms with Crippen LogP contribution in [0.2, 0.25) is 0 Å². The molecular weight excluding hydrogens is 280 g/mol. The third kappa shape index (κ3) is 13.6. The fourth-order valence-corrected chi connectivity index (χ4v) is 1.68. The number of carbonyl (C=O) groups is 1. The van der Waals surface area contributed by atoms with Crippen LogP contribution in [-0.4, -0.2) is 17.9 Å². The van der Waals surface area contributed by atoms with Crippen LogP contribution in [-0.2, 0) is 9.53 Å². The number of halogens is 1. The molecule has 0 unspecified atom stereocenters. The molecule has 0 saturated heterocycles. The Kier molecular flexibility index (Phi) is 13.5. The van der Waals surface area contributed by atoms with Gasteiger partial charge in [0.05, 0.1) is 6.61 Å². The lowest BCUT2D eigenvalue weighted by Crippen LogP contribution is -2.06. The number of rotatable bonds is 11. The van der Waals surface area contributed by atoms with Gasteiger partial charge in [-0.1, -0.05) is 47.8 Å². The van der Waals surface area contributed by atoms with Gasteiger partial charge in [-0.3, -0.25) is 4.79 Å². The molecule has 3 heteroatoms. The van der Waals surface area contributed by atoms with Gasteiger partial charge < -0.3 is 4.74 Å². The van der Waals surface area contributed by atoms with Crippen LogP contribution >= 0.6 is 15.9 Å². The highest BCUT2D eigenvalue weighted by molar-refractivity contribution is 9.09. The molecule has 0 bridgehead atoms. The molecule has 0 N–H and O–H groups in total. The molecule has 0 aromatic rings. The third-order valence-corrected chi connectivity index (χ3v) is 2.99. The highest BCUT2D eigenvalue weighted by atomic mass is 79.9. The van der Waals surface area contributed by atoms with Crippen molar-refractivity contribution < 1.29 is 9.53 Å². The van der Waals surface area contributed by atoms with Crippen molar-refractivity contribution in [3.8, 4) is 0 Å². The monoisotopic (exact) mass is 304 g/mol. The molecule has 0 saturated carbocycles. The minimum Gasteiger partial charge on any atom is -0.465 e. The van der Waals surface area contributed by atoms with E-state index in [2.05, 4.69) is 35.0 Å². The maximum atomic E-state index is 10.8. The Morgan fingerprint density at radius 1 is 1.06 bits per heavy atom. The third-order valence-electron chi connectivity index (χ3n) is 2.53. The van der Waals surface area contributed by atoms with E-state index in [4.69, 9.17) is 4.74 Å². The Hall–Kier alpha value is -0.310.